The summed E-state index contributed by atoms with van der Waals surface area (Å²) in [6, 6.07) is 17.7. The van der Waals surface area contributed by atoms with E-state index in [1.165, 1.54) is 0 Å². The Morgan fingerprint density at radius 2 is 2.00 bits per heavy atom. The molecule has 1 atom stereocenters. The van der Waals surface area contributed by atoms with E-state index in [0.29, 0.717) is 12.2 Å². The van der Waals surface area contributed by atoms with E-state index in [9.17, 15) is 0 Å². The molecule has 1 aromatic heterocycles. The SMILES string of the molecule is COc1ccc(-c2cn3c(n2)COC(CNCc2ccc(C#N)cc2)C3)cc1. The van der Waals surface area contributed by atoms with Crippen molar-refractivity contribution in [3.8, 4) is 23.1 Å². The summed E-state index contributed by atoms with van der Waals surface area (Å²) in [6.45, 7) is 2.80. The number of nitriles is 1. The van der Waals surface area contributed by atoms with Gasteiger partial charge in [0.05, 0.1) is 37.1 Å². The molecular formula is C22H22N4O2. The monoisotopic (exact) mass is 374 g/mol. The van der Waals surface area contributed by atoms with Crippen LogP contribution in [0.15, 0.2) is 54.7 Å². The average Bonchev–Trinajstić information content (AvgIpc) is 3.18. The van der Waals surface area contributed by atoms with Crippen molar-refractivity contribution in [1.29, 1.82) is 5.26 Å². The minimum Gasteiger partial charge on any atom is -0.497 e. The summed E-state index contributed by atoms with van der Waals surface area (Å²) in [4.78, 5) is 4.71. The van der Waals surface area contributed by atoms with Crippen LogP contribution in [0.4, 0.5) is 0 Å². The van der Waals surface area contributed by atoms with Crippen molar-refractivity contribution in [2.24, 2.45) is 0 Å². The molecule has 0 spiro atoms. The Balaban J connectivity index is 1.34. The molecule has 2 heterocycles. The Morgan fingerprint density at radius 3 is 2.71 bits per heavy atom. The number of rotatable bonds is 6. The smallest absolute Gasteiger partial charge is 0.135 e. The summed E-state index contributed by atoms with van der Waals surface area (Å²) < 4.78 is 13.3. The molecule has 0 radical (unpaired) electrons. The number of fused-ring (bicyclic) bond motifs is 1. The highest BCUT2D eigenvalue weighted by Crippen LogP contribution is 2.24. The van der Waals surface area contributed by atoms with Gasteiger partial charge in [0.25, 0.3) is 0 Å². The lowest BCUT2D eigenvalue weighted by molar-refractivity contribution is 0.00278. The summed E-state index contributed by atoms with van der Waals surface area (Å²) in [7, 11) is 1.66. The first-order valence-electron chi connectivity index (χ1n) is 9.27. The van der Waals surface area contributed by atoms with Crippen LogP contribution in [0.25, 0.3) is 11.3 Å². The maximum Gasteiger partial charge on any atom is 0.135 e. The van der Waals surface area contributed by atoms with Crippen LogP contribution in [-0.2, 0) is 24.4 Å². The third-order valence-electron chi connectivity index (χ3n) is 4.88. The van der Waals surface area contributed by atoms with Gasteiger partial charge in [-0.05, 0) is 42.0 Å². The van der Waals surface area contributed by atoms with Crippen LogP contribution in [0, 0.1) is 11.3 Å². The molecule has 0 saturated heterocycles. The van der Waals surface area contributed by atoms with Gasteiger partial charge in [-0.1, -0.05) is 12.1 Å². The lowest BCUT2D eigenvalue weighted by atomic mass is 10.1. The van der Waals surface area contributed by atoms with Crippen molar-refractivity contribution >= 4 is 0 Å². The van der Waals surface area contributed by atoms with Crippen LogP contribution in [-0.4, -0.2) is 29.3 Å². The zero-order valence-electron chi connectivity index (χ0n) is 15.8. The summed E-state index contributed by atoms with van der Waals surface area (Å²) >= 11 is 0. The fraction of sp³-hybridized carbons (Fsp3) is 0.273. The van der Waals surface area contributed by atoms with Crippen LogP contribution in [0.5, 0.6) is 5.75 Å². The Kier molecular flexibility index (Phi) is 5.38. The molecule has 1 N–H and O–H groups in total. The molecular weight excluding hydrogens is 352 g/mol. The zero-order valence-corrected chi connectivity index (χ0v) is 15.8. The van der Waals surface area contributed by atoms with Gasteiger partial charge in [-0.15, -0.1) is 0 Å². The second-order valence-corrected chi connectivity index (χ2v) is 6.80. The predicted molar refractivity (Wildman–Crippen MR) is 106 cm³/mol. The number of ether oxygens (including phenoxy) is 2. The molecule has 0 fully saturated rings. The molecule has 28 heavy (non-hydrogen) atoms. The van der Waals surface area contributed by atoms with Gasteiger partial charge in [0.1, 0.15) is 18.2 Å². The molecule has 6 nitrogen and oxygen atoms in total. The Bertz CT molecular complexity index is 971. The Labute approximate surface area is 164 Å². The predicted octanol–water partition coefficient (Wildman–Crippen LogP) is 3.12. The fourth-order valence-electron chi connectivity index (χ4n) is 3.29. The molecule has 1 aliphatic rings. The van der Waals surface area contributed by atoms with E-state index in [-0.39, 0.29) is 6.10 Å². The standard InChI is InChI=1S/C22H22N4O2/c1-27-19-8-6-18(7-9-19)21-14-26-13-20(28-15-22(26)25-21)12-24-11-17-4-2-16(10-23)3-5-17/h2-9,14,20,24H,11-13,15H2,1H3. The lowest BCUT2D eigenvalue weighted by Crippen LogP contribution is -2.35. The first-order chi connectivity index (χ1) is 13.7. The van der Waals surface area contributed by atoms with Gasteiger partial charge in [-0.2, -0.15) is 5.26 Å². The summed E-state index contributed by atoms with van der Waals surface area (Å²) in [5.41, 5.74) is 3.85. The summed E-state index contributed by atoms with van der Waals surface area (Å²) in [5.74, 6) is 1.79. The normalized spacial score (nSPS) is 15.6. The Hall–Kier alpha value is -3.14. The zero-order chi connectivity index (χ0) is 19.3. The molecule has 4 rings (SSSR count). The molecule has 0 aliphatic carbocycles. The van der Waals surface area contributed by atoms with E-state index in [0.717, 1.165) is 48.0 Å². The van der Waals surface area contributed by atoms with Crippen molar-refractivity contribution in [1.82, 2.24) is 14.9 Å². The minimum absolute atomic E-state index is 0.101. The Morgan fingerprint density at radius 1 is 1.21 bits per heavy atom. The van der Waals surface area contributed by atoms with Crippen LogP contribution < -0.4 is 10.1 Å². The minimum atomic E-state index is 0.101. The molecule has 3 aromatic rings. The molecule has 0 amide bonds. The summed E-state index contributed by atoms with van der Waals surface area (Å²) in [5, 5.41) is 12.3. The van der Waals surface area contributed by atoms with Gasteiger partial charge in [0.2, 0.25) is 0 Å². The third kappa shape index (κ3) is 4.06. The van der Waals surface area contributed by atoms with E-state index in [1.807, 2.05) is 48.5 Å². The second-order valence-electron chi connectivity index (χ2n) is 6.80. The van der Waals surface area contributed by atoms with Gasteiger partial charge < -0.3 is 19.4 Å². The van der Waals surface area contributed by atoms with Gasteiger partial charge in [0, 0.05) is 24.8 Å². The van der Waals surface area contributed by atoms with E-state index < -0.39 is 0 Å². The van der Waals surface area contributed by atoms with Crippen molar-refractivity contribution in [2.75, 3.05) is 13.7 Å². The second kappa shape index (κ2) is 8.26. The van der Waals surface area contributed by atoms with Gasteiger partial charge in [-0.3, -0.25) is 0 Å². The number of methoxy groups -OCH3 is 1. The molecule has 2 aromatic carbocycles. The maximum atomic E-state index is 8.86. The number of aromatic nitrogens is 2. The lowest BCUT2D eigenvalue weighted by Gasteiger charge is -2.24. The highest BCUT2D eigenvalue weighted by atomic mass is 16.5. The number of benzene rings is 2. The van der Waals surface area contributed by atoms with Gasteiger partial charge in [-0.25, -0.2) is 4.98 Å². The van der Waals surface area contributed by atoms with Crippen LogP contribution in [0.1, 0.15) is 17.0 Å². The van der Waals surface area contributed by atoms with Crippen molar-refractivity contribution < 1.29 is 9.47 Å². The number of nitrogens with one attached hydrogen (secondary N) is 1. The largest absolute Gasteiger partial charge is 0.497 e. The highest BCUT2D eigenvalue weighted by Gasteiger charge is 2.21. The quantitative estimate of drug-likeness (QED) is 0.718. The van der Waals surface area contributed by atoms with E-state index in [1.54, 1.807) is 7.11 Å². The molecule has 1 aliphatic heterocycles. The number of nitrogens with zero attached hydrogens (tertiary/aromatic N) is 3. The number of imidazole rings is 1. The van der Waals surface area contributed by atoms with Crippen LogP contribution in [0.3, 0.4) is 0 Å². The van der Waals surface area contributed by atoms with E-state index in [2.05, 4.69) is 22.1 Å². The maximum absolute atomic E-state index is 8.86. The van der Waals surface area contributed by atoms with Crippen molar-refractivity contribution in [3.05, 3.63) is 71.7 Å². The average molecular weight is 374 g/mol. The third-order valence-corrected chi connectivity index (χ3v) is 4.88. The number of hydrogen-bond acceptors (Lipinski definition) is 5. The van der Waals surface area contributed by atoms with Gasteiger partial charge >= 0.3 is 0 Å². The topological polar surface area (TPSA) is 72.1 Å². The van der Waals surface area contributed by atoms with Crippen LogP contribution >= 0.6 is 0 Å². The van der Waals surface area contributed by atoms with Gasteiger partial charge in [0.15, 0.2) is 0 Å². The van der Waals surface area contributed by atoms with Crippen LogP contribution in [0.2, 0.25) is 0 Å². The first kappa shape index (κ1) is 18.2. The number of hydrogen-bond donors (Lipinski definition) is 1. The fourth-order valence-corrected chi connectivity index (χ4v) is 3.29. The molecule has 142 valence electrons. The summed E-state index contributed by atoms with van der Waals surface area (Å²) in [6.07, 6.45) is 2.19. The van der Waals surface area contributed by atoms with Crippen molar-refractivity contribution in [3.63, 3.8) is 0 Å². The highest BCUT2D eigenvalue weighted by molar-refractivity contribution is 5.59. The first-order valence-corrected chi connectivity index (χ1v) is 9.27. The van der Waals surface area contributed by atoms with Crippen molar-refractivity contribution in [2.45, 2.75) is 25.8 Å². The van der Waals surface area contributed by atoms with E-state index in [4.69, 9.17) is 19.7 Å². The van der Waals surface area contributed by atoms with E-state index >= 15 is 0 Å². The molecule has 0 saturated carbocycles. The molecule has 1 unspecified atom stereocenters. The molecule has 6 heteroatoms. The molecule has 0 bridgehead atoms.